The van der Waals surface area contributed by atoms with Gasteiger partial charge < -0.3 is 15.0 Å². The lowest BCUT2D eigenvalue weighted by Gasteiger charge is -2.25. The lowest BCUT2D eigenvalue weighted by atomic mass is 9.86. The third-order valence-electron chi connectivity index (χ3n) is 4.68. The van der Waals surface area contributed by atoms with Gasteiger partial charge in [0.2, 0.25) is 10.0 Å². The molecule has 7 nitrogen and oxygen atoms in total. The number of guanidine groups is 1. The summed E-state index contributed by atoms with van der Waals surface area (Å²) in [6, 6.07) is 4.77. The van der Waals surface area contributed by atoms with E-state index in [0.717, 1.165) is 18.4 Å². The van der Waals surface area contributed by atoms with Crippen LogP contribution in [0, 0.1) is 11.7 Å². The lowest BCUT2D eigenvalue weighted by molar-refractivity contribution is 0.316. The topological polar surface area (TPSA) is 83.0 Å². The van der Waals surface area contributed by atoms with E-state index in [-0.39, 0.29) is 18.0 Å². The van der Waals surface area contributed by atoms with Gasteiger partial charge in [0.15, 0.2) is 17.5 Å². The highest BCUT2D eigenvalue weighted by molar-refractivity contribution is 7.89. The van der Waals surface area contributed by atoms with E-state index in [1.54, 1.807) is 31.1 Å². The monoisotopic (exact) mass is 400 g/mol. The van der Waals surface area contributed by atoms with E-state index in [0.29, 0.717) is 25.0 Å². The first-order chi connectivity index (χ1) is 12.8. The molecular weight excluding hydrogens is 371 g/mol. The quantitative estimate of drug-likeness (QED) is 0.486. The van der Waals surface area contributed by atoms with Gasteiger partial charge in [0.25, 0.3) is 0 Å². The number of nitrogens with zero attached hydrogens (tertiary/aromatic N) is 2. The van der Waals surface area contributed by atoms with Crippen LogP contribution >= 0.6 is 0 Å². The number of sulfonamides is 1. The third-order valence-corrected chi connectivity index (χ3v) is 6.03. The zero-order chi connectivity index (χ0) is 19.9. The van der Waals surface area contributed by atoms with Gasteiger partial charge in [0.1, 0.15) is 0 Å². The maximum absolute atomic E-state index is 13.8. The molecule has 2 N–H and O–H groups in total. The predicted octanol–water partition coefficient (Wildman–Crippen LogP) is 1.56. The molecule has 0 aromatic heterocycles. The Balaban J connectivity index is 1.80. The second-order valence-corrected chi connectivity index (χ2v) is 8.69. The molecule has 0 saturated heterocycles. The number of hydrogen-bond donors (Lipinski definition) is 2. The van der Waals surface area contributed by atoms with E-state index >= 15 is 0 Å². The molecule has 0 bridgehead atoms. The third kappa shape index (κ3) is 6.66. The van der Waals surface area contributed by atoms with Crippen LogP contribution in [0.1, 0.15) is 24.8 Å². The fourth-order valence-corrected chi connectivity index (χ4v) is 3.86. The number of methoxy groups -OCH3 is 1. The van der Waals surface area contributed by atoms with Crippen molar-refractivity contribution in [1.82, 2.24) is 14.9 Å². The molecule has 2 rings (SSSR count). The molecule has 0 aliphatic heterocycles. The first kappa shape index (κ1) is 21.4. The van der Waals surface area contributed by atoms with Crippen molar-refractivity contribution >= 4 is 16.0 Å². The molecule has 1 aromatic carbocycles. The summed E-state index contributed by atoms with van der Waals surface area (Å²) in [5.74, 6) is 0.777. The molecule has 0 spiro atoms. The van der Waals surface area contributed by atoms with Crippen LogP contribution in [0.2, 0.25) is 0 Å². The molecule has 27 heavy (non-hydrogen) atoms. The van der Waals surface area contributed by atoms with Gasteiger partial charge in [0, 0.05) is 33.7 Å². The van der Waals surface area contributed by atoms with Gasteiger partial charge in [-0.3, -0.25) is 4.99 Å². The Kier molecular flexibility index (Phi) is 7.85. The molecule has 9 heteroatoms. The highest BCUT2D eigenvalue weighted by Crippen LogP contribution is 2.25. The molecule has 1 saturated carbocycles. The second kappa shape index (κ2) is 9.89. The summed E-state index contributed by atoms with van der Waals surface area (Å²) in [6.45, 7) is 1.20. The molecule has 0 radical (unpaired) electrons. The summed E-state index contributed by atoms with van der Waals surface area (Å²) in [5, 5.41) is 3.04. The molecule has 1 aromatic rings. The molecule has 0 amide bonds. The Hall–Kier alpha value is -1.87. The second-order valence-electron chi connectivity index (χ2n) is 6.76. The lowest BCUT2D eigenvalue weighted by Crippen LogP contribution is -2.42. The maximum atomic E-state index is 13.8. The highest BCUT2D eigenvalue weighted by atomic mass is 32.2. The zero-order valence-electron chi connectivity index (χ0n) is 16.2. The largest absolute Gasteiger partial charge is 0.494 e. The average molecular weight is 401 g/mol. The molecule has 1 aliphatic rings. The molecule has 0 atom stereocenters. The normalized spacial score (nSPS) is 15.3. The van der Waals surface area contributed by atoms with Crippen molar-refractivity contribution in [3.8, 4) is 5.75 Å². The van der Waals surface area contributed by atoms with Gasteiger partial charge >= 0.3 is 0 Å². The first-order valence-corrected chi connectivity index (χ1v) is 10.7. The summed E-state index contributed by atoms with van der Waals surface area (Å²) in [7, 11) is 1.55. The first-order valence-electron chi connectivity index (χ1n) is 9.06. The van der Waals surface area contributed by atoms with Crippen molar-refractivity contribution in [3.63, 3.8) is 0 Å². The Labute approximate surface area is 161 Å². The minimum absolute atomic E-state index is 0.0241. The summed E-state index contributed by atoms with van der Waals surface area (Å²) in [5.41, 5.74) is 0.758. The molecule has 1 fully saturated rings. The fraction of sp³-hybridized carbons (Fsp3) is 0.611. The summed E-state index contributed by atoms with van der Waals surface area (Å²) < 4.78 is 45.5. The van der Waals surface area contributed by atoms with E-state index in [2.05, 4.69) is 15.0 Å². The number of ether oxygens (including phenoxy) is 1. The van der Waals surface area contributed by atoms with Crippen molar-refractivity contribution in [3.05, 3.63) is 29.6 Å². The van der Waals surface area contributed by atoms with Crippen LogP contribution in [0.5, 0.6) is 5.75 Å². The minimum Gasteiger partial charge on any atom is -0.494 e. The van der Waals surface area contributed by atoms with Crippen molar-refractivity contribution in [2.24, 2.45) is 10.9 Å². The van der Waals surface area contributed by atoms with E-state index in [4.69, 9.17) is 4.74 Å². The van der Waals surface area contributed by atoms with Gasteiger partial charge in [-0.1, -0.05) is 12.5 Å². The van der Waals surface area contributed by atoms with Crippen LogP contribution in [0.3, 0.4) is 0 Å². The maximum Gasteiger partial charge on any atom is 0.213 e. The highest BCUT2D eigenvalue weighted by Gasteiger charge is 2.20. The van der Waals surface area contributed by atoms with E-state index in [1.165, 1.54) is 19.6 Å². The molecule has 1 aliphatic carbocycles. The minimum atomic E-state index is -3.30. The van der Waals surface area contributed by atoms with Gasteiger partial charge in [-0.2, -0.15) is 0 Å². The van der Waals surface area contributed by atoms with Gasteiger partial charge in [-0.05, 0) is 36.5 Å². The number of benzene rings is 1. The smallest absolute Gasteiger partial charge is 0.213 e. The van der Waals surface area contributed by atoms with Crippen LogP contribution in [-0.2, 0) is 16.6 Å². The van der Waals surface area contributed by atoms with Crippen molar-refractivity contribution in [1.29, 1.82) is 0 Å². The summed E-state index contributed by atoms with van der Waals surface area (Å²) >= 11 is 0. The number of aliphatic imine (C=N–C) groups is 1. The van der Waals surface area contributed by atoms with Crippen LogP contribution in [0.15, 0.2) is 23.2 Å². The van der Waals surface area contributed by atoms with Gasteiger partial charge in [-0.15, -0.1) is 0 Å². The number of halogens is 1. The zero-order valence-corrected chi connectivity index (χ0v) is 17.0. The Morgan fingerprint density at radius 3 is 2.70 bits per heavy atom. The number of nitrogens with one attached hydrogen (secondary N) is 2. The number of hydrogen-bond acceptors (Lipinski definition) is 4. The molecule has 0 heterocycles. The number of rotatable bonds is 9. The average Bonchev–Trinajstić information content (AvgIpc) is 2.57. The van der Waals surface area contributed by atoms with E-state index in [9.17, 15) is 12.8 Å². The molecule has 152 valence electrons. The standard InChI is InChI=1S/C18H29FN4O3S/c1-20-18(21-9-10-27(24,25)22-12-14-5-4-6-14)23(2)13-15-7-8-17(26-3)16(19)11-15/h7-8,11,14,22H,4-6,9-10,12-13H2,1-3H3,(H,20,21). The summed E-state index contributed by atoms with van der Waals surface area (Å²) in [4.78, 5) is 5.96. The SMILES string of the molecule is CN=C(NCCS(=O)(=O)NCC1CCC1)N(C)Cc1ccc(OC)c(F)c1. The Morgan fingerprint density at radius 1 is 1.41 bits per heavy atom. The van der Waals surface area contributed by atoms with E-state index in [1.807, 2.05) is 0 Å². The van der Waals surface area contributed by atoms with Crippen LogP contribution in [0.4, 0.5) is 4.39 Å². The summed E-state index contributed by atoms with van der Waals surface area (Å²) in [6.07, 6.45) is 3.39. The Bertz CT molecular complexity index is 751. The van der Waals surface area contributed by atoms with Crippen LogP contribution in [0.25, 0.3) is 0 Å². The van der Waals surface area contributed by atoms with E-state index < -0.39 is 15.8 Å². The van der Waals surface area contributed by atoms with Crippen LogP contribution in [-0.4, -0.2) is 59.3 Å². The van der Waals surface area contributed by atoms with Crippen molar-refractivity contribution < 1.29 is 17.5 Å². The van der Waals surface area contributed by atoms with Crippen molar-refractivity contribution in [2.45, 2.75) is 25.8 Å². The molecular formula is C18H29FN4O3S. The Morgan fingerprint density at radius 2 is 2.15 bits per heavy atom. The van der Waals surface area contributed by atoms with Gasteiger partial charge in [-0.25, -0.2) is 17.5 Å². The van der Waals surface area contributed by atoms with Gasteiger partial charge in [0.05, 0.1) is 12.9 Å². The fourth-order valence-electron chi connectivity index (χ4n) is 2.85. The predicted molar refractivity (Wildman–Crippen MR) is 105 cm³/mol. The van der Waals surface area contributed by atoms with Crippen LogP contribution < -0.4 is 14.8 Å². The molecule has 0 unspecified atom stereocenters. The van der Waals surface area contributed by atoms with Crippen molar-refractivity contribution in [2.75, 3.05) is 40.0 Å².